The van der Waals surface area contributed by atoms with Crippen LogP contribution in [-0.2, 0) is 0 Å². The van der Waals surface area contributed by atoms with E-state index in [9.17, 15) is 14.4 Å². The molecular weight excluding hydrogens is 456 g/mol. The standard InChI is InChI=1S/C27H34N6O3/c1-15-9-23(16(2)8-22(15)25(28)34)27(36)30-18-10-20-5-6-21(11-18)33(20)24-7-4-17(12-29-24)26(35)31-19-13-32(3)14-19/h4,7-9,12,18-21H,5-6,10-11,13-14H2,1-3H3,(H2,28,34)(H,30,36)(H,31,35). The van der Waals surface area contributed by atoms with E-state index < -0.39 is 5.91 Å². The second kappa shape index (κ2) is 9.54. The molecule has 4 N–H and O–H groups in total. The van der Waals surface area contributed by atoms with E-state index in [1.54, 1.807) is 25.3 Å². The maximum Gasteiger partial charge on any atom is 0.253 e. The third-order valence-corrected chi connectivity index (χ3v) is 7.82. The van der Waals surface area contributed by atoms with Crippen molar-refractivity contribution in [2.45, 2.75) is 63.7 Å². The fourth-order valence-electron chi connectivity index (χ4n) is 5.99. The van der Waals surface area contributed by atoms with Crippen molar-refractivity contribution < 1.29 is 14.4 Å². The average Bonchev–Trinajstić information content (AvgIpc) is 3.09. The monoisotopic (exact) mass is 490 g/mol. The maximum atomic E-state index is 13.1. The predicted molar refractivity (Wildman–Crippen MR) is 137 cm³/mol. The number of primary amides is 1. The van der Waals surface area contributed by atoms with Crippen LogP contribution in [0.15, 0.2) is 30.5 Å². The van der Waals surface area contributed by atoms with Crippen molar-refractivity contribution in [2.75, 3.05) is 25.0 Å². The summed E-state index contributed by atoms with van der Waals surface area (Å²) in [6, 6.07) is 8.12. The number of fused-ring (bicyclic) bond motifs is 2. The molecule has 4 heterocycles. The molecule has 9 heteroatoms. The van der Waals surface area contributed by atoms with Gasteiger partial charge in [-0.2, -0.15) is 0 Å². The number of hydrogen-bond donors (Lipinski definition) is 3. The molecular formula is C27H34N6O3. The summed E-state index contributed by atoms with van der Waals surface area (Å²) < 4.78 is 0. The molecule has 3 aliphatic heterocycles. The van der Waals surface area contributed by atoms with Crippen molar-refractivity contribution >= 4 is 23.5 Å². The molecule has 3 fully saturated rings. The van der Waals surface area contributed by atoms with E-state index in [0.717, 1.165) is 50.2 Å². The highest BCUT2D eigenvalue weighted by atomic mass is 16.2. The van der Waals surface area contributed by atoms with Gasteiger partial charge in [-0.15, -0.1) is 0 Å². The smallest absolute Gasteiger partial charge is 0.253 e. The Morgan fingerprint density at radius 3 is 2.11 bits per heavy atom. The number of aromatic nitrogens is 1. The van der Waals surface area contributed by atoms with E-state index in [2.05, 4.69) is 25.4 Å². The van der Waals surface area contributed by atoms with E-state index in [1.807, 2.05) is 26.1 Å². The number of benzene rings is 1. The number of aryl methyl sites for hydroxylation is 2. The van der Waals surface area contributed by atoms with Crippen LogP contribution in [0.5, 0.6) is 0 Å². The number of piperidine rings is 1. The second-order valence-electron chi connectivity index (χ2n) is 10.6. The minimum Gasteiger partial charge on any atom is -0.366 e. The predicted octanol–water partition coefficient (Wildman–Crippen LogP) is 1.77. The first-order valence-electron chi connectivity index (χ1n) is 12.6. The molecule has 2 atom stereocenters. The molecule has 1 aromatic heterocycles. The molecule has 3 aliphatic rings. The molecule has 5 rings (SSSR count). The van der Waals surface area contributed by atoms with Crippen LogP contribution >= 0.6 is 0 Å². The third kappa shape index (κ3) is 4.67. The normalized spacial score (nSPS) is 23.8. The first-order chi connectivity index (χ1) is 17.2. The Balaban J connectivity index is 1.21. The van der Waals surface area contributed by atoms with E-state index in [4.69, 9.17) is 5.73 Å². The molecule has 9 nitrogen and oxygen atoms in total. The zero-order chi connectivity index (χ0) is 25.6. The van der Waals surface area contributed by atoms with E-state index in [0.29, 0.717) is 34.3 Å². The summed E-state index contributed by atoms with van der Waals surface area (Å²) in [6.07, 6.45) is 5.47. The van der Waals surface area contributed by atoms with Crippen molar-refractivity contribution in [3.8, 4) is 0 Å². The minimum absolute atomic E-state index is 0.0763. The van der Waals surface area contributed by atoms with Gasteiger partial charge in [-0.05, 0) is 82.0 Å². The zero-order valence-corrected chi connectivity index (χ0v) is 21.1. The van der Waals surface area contributed by atoms with Crippen molar-refractivity contribution in [3.05, 3.63) is 58.3 Å². The lowest BCUT2D eigenvalue weighted by Gasteiger charge is -2.40. The molecule has 3 amide bonds. The number of likely N-dealkylation sites (tertiary alicyclic amines) is 1. The Hall–Kier alpha value is -3.46. The molecule has 190 valence electrons. The zero-order valence-electron chi connectivity index (χ0n) is 21.1. The van der Waals surface area contributed by atoms with Gasteiger partial charge in [0.2, 0.25) is 5.91 Å². The number of nitrogens with one attached hydrogen (secondary N) is 2. The van der Waals surface area contributed by atoms with E-state index in [-0.39, 0.29) is 23.9 Å². The fourth-order valence-corrected chi connectivity index (χ4v) is 5.99. The molecule has 0 radical (unpaired) electrons. The third-order valence-electron chi connectivity index (χ3n) is 7.82. The molecule has 2 bridgehead atoms. The molecule has 1 aromatic carbocycles. The first-order valence-corrected chi connectivity index (χ1v) is 12.6. The minimum atomic E-state index is -0.486. The van der Waals surface area contributed by atoms with Crippen LogP contribution in [0, 0.1) is 13.8 Å². The van der Waals surface area contributed by atoms with Crippen molar-refractivity contribution in [3.63, 3.8) is 0 Å². The van der Waals surface area contributed by atoms with Crippen LogP contribution in [-0.4, -0.2) is 71.9 Å². The van der Waals surface area contributed by atoms with Crippen LogP contribution in [0.3, 0.4) is 0 Å². The van der Waals surface area contributed by atoms with Gasteiger partial charge in [0.15, 0.2) is 0 Å². The largest absolute Gasteiger partial charge is 0.366 e. The Morgan fingerprint density at radius 1 is 0.917 bits per heavy atom. The number of nitrogens with two attached hydrogens (primary N) is 1. The number of rotatable bonds is 6. The lowest BCUT2D eigenvalue weighted by molar-refractivity contribution is 0.0856. The summed E-state index contributed by atoms with van der Waals surface area (Å²) in [5.41, 5.74) is 8.49. The van der Waals surface area contributed by atoms with Crippen molar-refractivity contribution in [2.24, 2.45) is 5.73 Å². The van der Waals surface area contributed by atoms with Gasteiger partial charge >= 0.3 is 0 Å². The summed E-state index contributed by atoms with van der Waals surface area (Å²) in [4.78, 5) is 46.3. The summed E-state index contributed by atoms with van der Waals surface area (Å²) in [7, 11) is 2.03. The lowest BCUT2D eigenvalue weighted by Crippen LogP contribution is -2.57. The number of pyridine rings is 1. The summed E-state index contributed by atoms with van der Waals surface area (Å²) in [6.45, 7) is 5.38. The highest BCUT2D eigenvalue weighted by molar-refractivity contribution is 5.99. The number of nitrogens with zero attached hydrogens (tertiary/aromatic N) is 3. The van der Waals surface area contributed by atoms with Crippen LogP contribution in [0.25, 0.3) is 0 Å². The number of carbonyl (C=O) groups is 3. The van der Waals surface area contributed by atoms with Gasteiger partial charge in [-0.1, -0.05) is 0 Å². The van der Waals surface area contributed by atoms with Crippen molar-refractivity contribution in [1.29, 1.82) is 0 Å². The number of anilines is 1. The topological polar surface area (TPSA) is 121 Å². The molecule has 36 heavy (non-hydrogen) atoms. The molecule has 3 saturated heterocycles. The van der Waals surface area contributed by atoms with E-state index >= 15 is 0 Å². The van der Waals surface area contributed by atoms with Gasteiger partial charge in [0.1, 0.15) is 5.82 Å². The summed E-state index contributed by atoms with van der Waals surface area (Å²) in [5, 5.41) is 6.27. The van der Waals surface area contributed by atoms with Gasteiger partial charge in [-0.25, -0.2) is 4.98 Å². The SMILES string of the molecule is Cc1cc(C(=O)NC2CC3CCC(C2)N3c2ccc(C(=O)NC3CN(C)C3)cn2)c(C)cc1C(N)=O. The van der Waals surface area contributed by atoms with Gasteiger partial charge < -0.3 is 26.2 Å². The highest BCUT2D eigenvalue weighted by Crippen LogP contribution is 2.38. The Morgan fingerprint density at radius 2 is 1.53 bits per heavy atom. The molecule has 2 unspecified atom stereocenters. The maximum absolute atomic E-state index is 13.1. The lowest BCUT2D eigenvalue weighted by atomic mass is 9.95. The van der Waals surface area contributed by atoms with Gasteiger partial charge in [0, 0.05) is 48.5 Å². The van der Waals surface area contributed by atoms with Gasteiger partial charge in [0.05, 0.1) is 11.6 Å². The number of carbonyl (C=O) groups excluding carboxylic acids is 3. The van der Waals surface area contributed by atoms with Crippen molar-refractivity contribution in [1.82, 2.24) is 20.5 Å². The molecule has 2 aromatic rings. The van der Waals surface area contributed by atoms with Crippen LogP contribution in [0.1, 0.15) is 67.9 Å². The second-order valence-corrected chi connectivity index (χ2v) is 10.6. The van der Waals surface area contributed by atoms with Crippen LogP contribution < -0.4 is 21.3 Å². The Bertz CT molecular complexity index is 1180. The Labute approximate surface area is 211 Å². The number of likely N-dealkylation sites (N-methyl/N-ethyl adjacent to an activating group) is 1. The average molecular weight is 491 g/mol. The summed E-state index contributed by atoms with van der Waals surface area (Å²) >= 11 is 0. The van der Waals surface area contributed by atoms with Gasteiger partial charge in [-0.3, -0.25) is 14.4 Å². The molecule has 0 aliphatic carbocycles. The van der Waals surface area contributed by atoms with Crippen LogP contribution in [0.2, 0.25) is 0 Å². The van der Waals surface area contributed by atoms with Gasteiger partial charge in [0.25, 0.3) is 11.8 Å². The Kier molecular flexibility index (Phi) is 6.42. The fraction of sp³-hybridized carbons (Fsp3) is 0.481. The summed E-state index contributed by atoms with van der Waals surface area (Å²) in [5.74, 6) is 0.210. The quantitative estimate of drug-likeness (QED) is 0.568. The number of amides is 3. The number of hydrogen-bond acceptors (Lipinski definition) is 6. The highest BCUT2D eigenvalue weighted by Gasteiger charge is 2.42. The molecule has 0 saturated carbocycles. The van der Waals surface area contributed by atoms with Crippen LogP contribution in [0.4, 0.5) is 5.82 Å². The molecule has 0 spiro atoms. The first kappa shape index (κ1) is 24.2. The van der Waals surface area contributed by atoms with E-state index in [1.165, 1.54) is 0 Å².